The molecule has 1 aromatic carbocycles. The van der Waals surface area contributed by atoms with Crippen LogP contribution in [0.25, 0.3) is 10.6 Å². The molecular formula is C18H20ClN5O2S2. The van der Waals surface area contributed by atoms with Crippen LogP contribution in [-0.2, 0) is 10.0 Å². The molecule has 0 saturated heterocycles. The largest absolute Gasteiger partial charge is 0.324 e. The Morgan fingerprint density at radius 2 is 1.93 bits per heavy atom. The van der Waals surface area contributed by atoms with Crippen molar-refractivity contribution in [1.29, 1.82) is 0 Å². The lowest BCUT2D eigenvalue weighted by atomic mass is 10.3. The fraction of sp³-hybridized carbons (Fsp3) is 0.278. The van der Waals surface area contributed by atoms with Crippen molar-refractivity contribution >= 4 is 50.3 Å². The highest BCUT2D eigenvalue weighted by Gasteiger charge is 2.12. The SMILES string of the molecule is Cc1nc(C)c(-c2ccnc(Nc3cccc(NS(=O)(=O)CCCCl)c3)n2)s1. The molecule has 148 valence electrons. The Labute approximate surface area is 173 Å². The van der Waals surface area contributed by atoms with E-state index in [4.69, 9.17) is 11.6 Å². The lowest BCUT2D eigenvalue weighted by molar-refractivity contribution is 0.600. The third-order valence-electron chi connectivity index (χ3n) is 3.73. The van der Waals surface area contributed by atoms with E-state index in [1.807, 2.05) is 26.0 Å². The quantitative estimate of drug-likeness (QED) is 0.509. The molecule has 0 aliphatic rings. The van der Waals surface area contributed by atoms with Gasteiger partial charge in [-0.05, 0) is 44.5 Å². The topological polar surface area (TPSA) is 96.9 Å². The number of thiazole rings is 1. The summed E-state index contributed by atoms with van der Waals surface area (Å²) in [5, 5.41) is 4.10. The molecule has 0 spiro atoms. The number of hydrogen-bond donors (Lipinski definition) is 2. The van der Waals surface area contributed by atoms with Crippen molar-refractivity contribution in [3.8, 4) is 10.6 Å². The first-order chi connectivity index (χ1) is 13.4. The number of nitrogens with zero attached hydrogens (tertiary/aromatic N) is 3. The summed E-state index contributed by atoms with van der Waals surface area (Å²) in [5.74, 6) is 0.701. The number of hydrogen-bond acceptors (Lipinski definition) is 7. The van der Waals surface area contributed by atoms with Gasteiger partial charge in [0, 0.05) is 17.8 Å². The third kappa shape index (κ3) is 5.40. The van der Waals surface area contributed by atoms with Crippen LogP contribution in [0.3, 0.4) is 0 Å². The fourth-order valence-electron chi connectivity index (χ4n) is 2.58. The first kappa shape index (κ1) is 20.5. The van der Waals surface area contributed by atoms with E-state index < -0.39 is 10.0 Å². The van der Waals surface area contributed by atoms with Gasteiger partial charge >= 0.3 is 0 Å². The van der Waals surface area contributed by atoms with E-state index in [9.17, 15) is 8.42 Å². The standard InChI is InChI=1S/C18H20ClN5O2S2/c1-12-17(27-13(2)21-12)16-7-9-20-18(23-16)22-14-5-3-6-15(11-14)24-28(25,26)10-4-8-19/h3,5-7,9,11,24H,4,8,10H2,1-2H3,(H,20,22,23). The Balaban J connectivity index is 1.77. The van der Waals surface area contributed by atoms with Crippen molar-refractivity contribution < 1.29 is 8.42 Å². The van der Waals surface area contributed by atoms with Gasteiger partial charge in [-0.15, -0.1) is 22.9 Å². The molecule has 0 unspecified atom stereocenters. The van der Waals surface area contributed by atoms with Gasteiger partial charge < -0.3 is 5.32 Å². The van der Waals surface area contributed by atoms with Crippen LogP contribution in [0.4, 0.5) is 17.3 Å². The minimum absolute atomic E-state index is 0.0209. The summed E-state index contributed by atoms with van der Waals surface area (Å²) >= 11 is 7.16. The molecule has 0 atom stereocenters. The minimum atomic E-state index is -3.43. The van der Waals surface area contributed by atoms with Crippen molar-refractivity contribution in [2.24, 2.45) is 0 Å². The second-order valence-electron chi connectivity index (χ2n) is 6.08. The molecular weight excluding hydrogens is 418 g/mol. The van der Waals surface area contributed by atoms with Crippen molar-refractivity contribution in [3.63, 3.8) is 0 Å². The average Bonchev–Trinajstić information content (AvgIpc) is 2.98. The van der Waals surface area contributed by atoms with E-state index in [0.29, 0.717) is 29.6 Å². The molecule has 7 nitrogen and oxygen atoms in total. The Morgan fingerprint density at radius 3 is 2.64 bits per heavy atom. The van der Waals surface area contributed by atoms with Crippen LogP contribution in [0, 0.1) is 13.8 Å². The summed E-state index contributed by atoms with van der Waals surface area (Å²) in [6.45, 7) is 3.91. The van der Waals surface area contributed by atoms with Crippen LogP contribution in [0.2, 0.25) is 0 Å². The van der Waals surface area contributed by atoms with E-state index >= 15 is 0 Å². The van der Waals surface area contributed by atoms with Crippen LogP contribution in [0.15, 0.2) is 36.5 Å². The van der Waals surface area contributed by atoms with Gasteiger partial charge in [0.15, 0.2) is 0 Å². The molecule has 0 aliphatic carbocycles. The summed E-state index contributed by atoms with van der Waals surface area (Å²) in [4.78, 5) is 14.2. The van der Waals surface area contributed by atoms with Crippen molar-refractivity contribution in [3.05, 3.63) is 47.2 Å². The van der Waals surface area contributed by atoms with Crippen LogP contribution in [0.5, 0.6) is 0 Å². The number of nitrogens with one attached hydrogen (secondary N) is 2. The highest BCUT2D eigenvalue weighted by atomic mass is 35.5. The number of aromatic nitrogens is 3. The Hall–Kier alpha value is -2.23. The highest BCUT2D eigenvalue weighted by molar-refractivity contribution is 7.92. The van der Waals surface area contributed by atoms with Gasteiger partial charge in [-0.3, -0.25) is 4.72 Å². The number of aryl methyl sites for hydroxylation is 2. The Bertz CT molecular complexity index is 1070. The van der Waals surface area contributed by atoms with Crippen LogP contribution in [0.1, 0.15) is 17.1 Å². The van der Waals surface area contributed by atoms with Gasteiger partial charge in [0.25, 0.3) is 0 Å². The monoisotopic (exact) mass is 437 g/mol. The summed E-state index contributed by atoms with van der Waals surface area (Å²) in [6, 6.07) is 8.78. The molecule has 0 bridgehead atoms. The molecule has 28 heavy (non-hydrogen) atoms. The van der Waals surface area contributed by atoms with E-state index in [-0.39, 0.29) is 5.75 Å². The normalized spacial score (nSPS) is 11.4. The molecule has 3 aromatic rings. The predicted molar refractivity (Wildman–Crippen MR) is 115 cm³/mol. The molecule has 0 aliphatic heterocycles. The van der Waals surface area contributed by atoms with E-state index in [1.54, 1.807) is 35.7 Å². The number of anilines is 3. The molecule has 2 N–H and O–H groups in total. The van der Waals surface area contributed by atoms with Crippen molar-refractivity contribution in [1.82, 2.24) is 15.0 Å². The summed E-state index contributed by atoms with van der Waals surface area (Å²) in [5.41, 5.74) is 2.86. The fourth-order valence-corrected chi connectivity index (χ4v) is 4.87. The van der Waals surface area contributed by atoms with Gasteiger partial charge in [0.05, 0.1) is 32.7 Å². The van der Waals surface area contributed by atoms with Gasteiger partial charge in [0.2, 0.25) is 16.0 Å². The van der Waals surface area contributed by atoms with Gasteiger partial charge in [0.1, 0.15) is 0 Å². The zero-order valence-electron chi connectivity index (χ0n) is 15.4. The molecule has 0 fully saturated rings. The molecule has 10 heteroatoms. The zero-order valence-corrected chi connectivity index (χ0v) is 17.8. The van der Waals surface area contributed by atoms with Gasteiger partial charge in [-0.25, -0.2) is 23.4 Å². The minimum Gasteiger partial charge on any atom is -0.324 e. The highest BCUT2D eigenvalue weighted by Crippen LogP contribution is 2.29. The average molecular weight is 438 g/mol. The summed E-state index contributed by atoms with van der Waals surface area (Å²) in [7, 11) is -3.43. The second-order valence-corrected chi connectivity index (χ2v) is 9.51. The first-order valence-electron chi connectivity index (χ1n) is 8.57. The second kappa shape index (κ2) is 8.85. The van der Waals surface area contributed by atoms with Gasteiger partial charge in [-0.2, -0.15) is 0 Å². The number of sulfonamides is 1. The van der Waals surface area contributed by atoms with Crippen LogP contribution in [-0.4, -0.2) is 35.0 Å². The first-order valence-corrected chi connectivity index (χ1v) is 11.6. The maximum Gasteiger partial charge on any atom is 0.232 e. The molecule has 3 rings (SSSR count). The third-order valence-corrected chi connectivity index (χ3v) is 6.47. The Kier molecular flexibility index (Phi) is 6.48. The summed E-state index contributed by atoms with van der Waals surface area (Å²) in [6.07, 6.45) is 2.07. The maximum absolute atomic E-state index is 12.0. The van der Waals surface area contributed by atoms with Gasteiger partial charge in [-0.1, -0.05) is 6.07 Å². The number of alkyl halides is 1. The van der Waals surface area contributed by atoms with E-state index in [0.717, 1.165) is 21.3 Å². The van der Waals surface area contributed by atoms with Crippen LogP contribution < -0.4 is 10.0 Å². The summed E-state index contributed by atoms with van der Waals surface area (Å²) < 4.78 is 26.6. The lowest BCUT2D eigenvalue weighted by Gasteiger charge is -2.10. The lowest BCUT2D eigenvalue weighted by Crippen LogP contribution is -2.17. The van der Waals surface area contributed by atoms with Crippen molar-refractivity contribution in [2.45, 2.75) is 20.3 Å². The number of benzene rings is 1. The molecule has 0 saturated carbocycles. The molecule has 2 aromatic heterocycles. The maximum atomic E-state index is 12.0. The van der Waals surface area contributed by atoms with Crippen LogP contribution >= 0.6 is 22.9 Å². The smallest absolute Gasteiger partial charge is 0.232 e. The Morgan fingerprint density at radius 1 is 1.14 bits per heavy atom. The number of rotatable bonds is 8. The number of halogens is 1. The van der Waals surface area contributed by atoms with Crippen molar-refractivity contribution in [2.75, 3.05) is 21.7 Å². The molecule has 0 radical (unpaired) electrons. The molecule has 0 amide bonds. The zero-order chi connectivity index (χ0) is 20.1. The van der Waals surface area contributed by atoms with E-state index in [1.165, 1.54) is 0 Å². The van der Waals surface area contributed by atoms with E-state index in [2.05, 4.69) is 25.0 Å². The molecule has 2 heterocycles. The predicted octanol–water partition coefficient (Wildman–Crippen LogP) is 4.33.